The van der Waals surface area contributed by atoms with E-state index in [2.05, 4.69) is 29.4 Å². The minimum atomic E-state index is -0.386. The van der Waals surface area contributed by atoms with Gasteiger partial charge in [0.1, 0.15) is 5.01 Å². The second-order valence-electron chi connectivity index (χ2n) is 5.80. The first-order valence-corrected chi connectivity index (χ1v) is 7.62. The third kappa shape index (κ3) is 3.44. The van der Waals surface area contributed by atoms with Crippen LogP contribution in [0.3, 0.4) is 0 Å². The molecule has 0 fully saturated rings. The van der Waals surface area contributed by atoms with Crippen LogP contribution >= 0.6 is 11.3 Å². The first-order chi connectivity index (χ1) is 8.88. The van der Waals surface area contributed by atoms with Crippen LogP contribution in [0, 0.1) is 19.8 Å². The summed E-state index contributed by atoms with van der Waals surface area (Å²) in [5.74, 6) is 0.530. The lowest BCUT2D eigenvalue weighted by Gasteiger charge is -2.24. The van der Waals surface area contributed by atoms with Crippen molar-refractivity contribution in [2.24, 2.45) is 5.92 Å². The zero-order valence-corrected chi connectivity index (χ0v) is 12.9. The van der Waals surface area contributed by atoms with Gasteiger partial charge in [-0.25, -0.2) is 4.98 Å². The van der Waals surface area contributed by atoms with E-state index in [4.69, 9.17) is 0 Å². The normalized spacial score (nSPS) is 18.8. The van der Waals surface area contributed by atoms with Crippen molar-refractivity contribution < 1.29 is 4.79 Å². The van der Waals surface area contributed by atoms with E-state index in [1.165, 1.54) is 4.88 Å². The fourth-order valence-corrected chi connectivity index (χ4v) is 3.27. The van der Waals surface area contributed by atoms with Crippen LogP contribution in [-0.4, -0.2) is 10.9 Å². The molecular formula is C15H22N2OS. The Labute approximate surface area is 119 Å². The summed E-state index contributed by atoms with van der Waals surface area (Å²) in [5.41, 5.74) is 0.671. The summed E-state index contributed by atoms with van der Waals surface area (Å²) in [6.07, 6.45) is 7.11. The maximum atomic E-state index is 12.1. The minimum absolute atomic E-state index is 0.118. The number of hydrogen-bond acceptors (Lipinski definition) is 3. The average molecular weight is 278 g/mol. The van der Waals surface area contributed by atoms with Crippen LogP contribution in [-0.2, 0) is 10.3 Å². The largest absolute Gasteiger partial charge is 0.345 e. The first-order valence-electron chi connectivity index (χ1n) is 6.80. The van der Waals surface area contributed by atoms with Gasteiger partial charge in [-0.2, -0.15) is 0 Å². The Morgan fingerprint density at radius 2 is 2.26 bits per heavy atom. The highest BCUT2D eigenvalue weighted by Crippen LogP contribution is 2.28. The summed E-state index contributed by atoms with van der Waals surface area (Å²) in [6, 6.07) is 0. The van der Waals surface area contributed by atoms with Gasteiger partial charge in [-0.1, -0.05) is 12.2 Å². The van der Waals surface area contributed by atoms with Crippen LogP contribution in [0.25, 0.3) is 0 Å². The summed E-state index contributed by atoms with van der Waals surface area (Å²) in [4.78, 5) is 17.9. The predicted octanol–water partition coefficient (Wildman–Crippen LogP) is 3.47. The third-order valence-electron chi connectivity index (χ3n) is 3.58. The number of nitrogens with one attached hydrogen (secondary N) is 1. The molecule has 2 rings (SSSR count). The number of allylic oxidation sites excluding steroid dienone is 2. The van der Waals surface area contributed by atoms with Crippen molar-refractivity contribution in [3.63, 3.8) is 0 Å². The lowest BCUT2D eigenvalue weighted by Crippen LogP contribution is -2.41. The van der Waals surface area contributed by atoms with E-state index in [1.807, 2.05) is 20.8 Å². The van der Waals surface area contributed by atoms with Crippen molar-refractivity contribution in [2.45, 2.75) is 52.5 Å². The number of rotatable bonds is 4. The molecule has 0 aromatic carbocycles. The zero-order valence-electron chi connectivity index (χ0n) is 12.1. The molecule has 0 spiro atoms. The number of aryl methyl sites for hydroxylation is 2. The monoisotopic (exact) mass is 278 g/mol. The van der Waals surface area contributed by atoms with Gasteiger partial charge in [0.2, 0.25) is 5.91 Å². The highest BCUT2D eigenvalue weighted by molar-refractivity contribution is 7.11. The second kappa shape index (κ2) is 5.45. The van der Waals surface area contributed by atoms with Crippen molar-refractivity contribution in [3.05, 3.63) is 27.7 Å². The summed E-state index contributed by atoms with van der Waals surface area (Å²) >= 11 is 1.67. The minimum Gasteiger partial charge on any atom is -0.345 e. The Balaban J connectivity index is 1.99. The maximum absolute atomic E-state index is 12.1. The molecule has 19 heavy (non-hydrogen) atoms. The van der Waals surface area contributed by atoms with Crippen molar-refractivity contribution in [2.75, 3.05) is 0 Å². The summed E-state index contributed by atoms with van der Waals surface area (Å²) < 4.78 is 0. The lowest BCUT2D eigenvalue weighted by atomic mass is 10.0. The molecule has 1 aliphatic rings. The summed E-state index contributed by atoms with van der Waals surface area (Å²) in [7, 11) is 0. The molecule has 1 aromatic heterocycles. The SMILES string of the molecule is Cc1nc(C(C)(C)NC(=O)CC2C=CCC2)sc1C. The average Bonchev–Trinajstić information content (AvgIpc) is 2.89. The molecule has 4 heteroatoms. The number of carbonyl (C=O) groups excluding carboxylic acids is 1. The fraction of sp³-hybridized carbons (Fsp3) is 0.600. The van der Waals surface area contributed by atoms with E-state index < -0.39 is 0 Å². The molecule has 0 saturated heterocycles. The van der Waals surface area contributed by atoms with Crippen molar-refractivity contribution in [1.82, 2.24) is 10.3 Å². The molecule has 3 nitrogen and oxygen atoms in total. The van der Waals surface area contributed by atoms with Gasteiger partial charge in [0.25, 0.3) is 0 Å². The highest BCUT2D eigenvalue weighted by Gasteiger charge is 2.27. The highest BCUT2D eigenvalue weighted by atomic mass is 32.1. The predicted molar refractivity (Wildman–Crippen MR) is 79.2 cm³/mol. The van der Waals surface area contributed by atoms with E-state index in [0.29, 0.717) is 12.3 Å². The molecular weight excluding hydrogens is 256 g/mol. The third-order valence-corrected chi connectivity index (χ3v) is 4.97. The molecule has 1 atom stereocenters. The molecule has 1 heterocycles. The molecule has 1 aliphatic carbocycles. The number of amides is 1. The van der Waals surface area contributed by atoms with Crippen LogP contribution in [0.2, 0.25) is 0 Å². The van der Waals surface area contributed by atoms with E-state index in [9.17, 15) is 4.79 Å². The molecule has 1 amide bonds. The summed E-state index contributed by atoms with van der Waals surface area (Å²) in [6.45, 7) is 8.12. The van der Waals surface area contributed by atoms with E-state index in [-0.39, 0.29) is 11.4 Å². The number of thiazole rings is 1. The van der Waals surface area contributed by atoms with E-state index in [1.54, 1.807) is 11.3 Å². The number of nitrogens with zero attached hydrogens (tertiary/aromatic N) is 1. The quantitative estimate of drug-likeness (QED) is 0.857. The number of hydrogen-bond donors (Lipinski definition) is 1. The molecule has 0 saturated carbocycles. The Morgan fingerprint density at radius 3 is 2.79 bits per heavy atom. The van der Waals surface area contributed by atoms with Gasteiger partial charge >= 0.3 is 0 Å². The Hall–Kier alpha value is -1.16. The Kier molecular flexibility index (Phi) is 4.09. The van der Waals surface area contributed by atoms with Gasteiger partial charge in [-0.3, -0.25) is 4.79 Å². The second-order valence-corrected chi connectivity index (χ2v) is 7.01. The van der Waals surface area contributed by atoms with Gasteiger partial charge in [0.05, 0.1) is 11.2 Å². The topological polar surface area (TPSA) is 42.0 Å². The number of aromatic nitrogens is 1. The molecule has 104 valence electrons. The molecule has 0 bridgehead atoms. The van der Waals surface area contributed by atoms with Crippen LogP contribution in [0.1, 0.15) is 48.7 Å². The van der Waals surface area contributed by atoms with Crippen molar-refractivity contribution in [1.29, 1.82) is 0 Å². The lowest BCUT2D eigenvalue weighted by molar-refractivity contribution is -0.123. The van der Waals surface area contributed by atoms with E-state index in [0.717, 1.165) is 23.5 Å². The molecule has 1 aromatic rings. The first kappa shape index (κ1) is 14.3. The van der Waals surface area contributed by atoms with Crippen LogP contribution in [0.4, 0.5) is 0 Å². The van der Waals surface area contributed by atoms with Gasteiger partial charge in [-0.15, -0.1) is 11.3 Å². The molecule has 1 unspecified atom stereocenters. The smallest absolute Gasteiger partial charge is 0.221 e. The Bertz CT molecular complexity index is 483. The molecule has 1 N–H and O–H groups in total. The van der Waals surface area contributed by atoms with Crippen molar-refractivity contribution in [3.8, 4) is 0 Å². The summed E-state index contributed by atoms with van der Waals surface area (Å²) in [5, 5.41) is 4.10. The maximum Gasteiger partial charge on any atom is 0.221 e. The van der Waals surface area contributed by atoms with Gasteiger partial charge in [0, 0.05) is 11.3 Å². The van der Waals surface area contributed by atoms with Gasteiger partial charge < -0.3 is 5.32 Å². The van der Waals surface area contributed by atoms with Crippen LogP contribution < -0.4 is 5.32 Å². The zero-order chi connectivity index (χ0) is 14.0. The van der Waals surface area contributed by atoms with Crippen molar-refractivity contribution >= 4 is 17.2 Å². The standard InChI is InChI=1S/C15H22N2OS/c1-10-11(2)19-14(16-10)15(3,4)17-13(18)9-12-7-5-6-8-12/h5,7,12H,6,8-9H2,1-4H3,(H,17,18). The molecule has 0 radical (unpaired) electrons. The van der Waals surface area contributed by atoms with Gasteiger partial charge in [-0.05, 0) is 46.5 Å². The van der Waals surface area contributed by atoms with Gasteiger partial charge in [0.15, 0.2) is 0 Å². The van der Waals surface area contributed by atoms with Crippen LogP contribution in [0.15, 0.2) is 12.2 Å². The van der Waals surface area contributed by atoms with E-state index >= 15 is 0 Å². The molecule has 0 aliphatic heterocycles. The fourth-order valence-electron chi connectivity index (χ4n) is 2.30. The van der Waals surface area contributed by atoms with Crippen LogP contribution in [0.5, 0.6) is 0 Å². The Morgan fingerprint density at radius 1 is 1.53 bits per heavy atom. The number of carbonyl (C=O) groups is 1.